The first-order chi connectivity index (χ1) is 30.7. The summed E-state index contributed by atoms with van der Waals surface area (Å²) >= 11 is 0. The number of aromatic nitrogens is 2. The Morgan fingerprint density at radius 3 is 1.37 bits per heavy atom. The summed E-state index contributed by atoms with van der Waals surface area (Å²) in [6, 6.07) is 82.9. The SMILES string of the molecule is c1ccc(-c2ccc(-c3cc(-c4ccc(-c5c(-c6ccc(-c7ccc8c9c(cccc79)-c7ccccc7-8)cc6)ccc6ccccc56)cc4)nc(-c4ccccc4)n3)cc2)cc1. The highest BCUT2D eigenvalue weighted by molar-refractivity contribution is 6.18. The molecule has 2 nitrogen and oxygen atoms in total. The summed E-state index contributed by atoms with van der Waals surface area (Å²) in [5.74, 6) is 0.705. The van der Waals surface area contributed by atoms with Crippen molar-refractivity contribution >= 4 is 21.5 Å². The average molecular weight is 787 g/mol. The minimum Gasteiger partial charge on any atom is -0.228 e. The van der Waals surface area contributed by atoms with E-state index in [-0.39, 0.29) is 0 Å². The monoisotopic (exact) mass is 786 g/mol. The van der Waals surface area contributed by atoms with Gasteiger partial charge in [-0.3, -0.25) is 0 Å². The molecule has 0 radical (unpaired) electrons. The molecular formula is C60H38N2. The molecule has 1 aromatic heterocycles. The Labute approximate surface area is 361 Å². The summed E-state index contributed by atoms with van der Waals surface area (Å²) in [5.41, 5.74) is 19.7. The van der Waals surface area contributed by atoms with Gasteiger partial charge in [-0.1, -0.05) is 224 Å². The van der Waals surface area contributed by atoms with Crippen LogP contribution in [0.3, 0.4) is 0 Å². The molecule has 0 atom stereocenters. The summed E-state index contributed by atoms with van der Waals surface area (Å²) in [4.78, 5) is 10.2. The Morgan fingerprint density at radius 1 is 0.242 bits per heavy atom. The van der Waals surface area contributed by atoms with Crippen LogP contribution in [0, 0.1) is 0 Å². The van der Waals surface area contributed by atoms with E-state index in [1.54, 1.807) is 0 Å². The fourth-order valence-corrected chi connectivity index (χ4v) is 9.44. The predicted octanol–water partition coefficient (Wildman–Crippen LogP) is 16.1. The number of rotatable bonds is 7. The molecule has 0 amide bonds. The molecule has 10 aromatic carbocycles. The molecule has 0 N–H and O–H groups in total. The van der Waals surface area contributed by atoms with Gasteiger partial charge in [-0.25, -0.2) is 9.97 Å². The molecular weight excluding hydrogens is 749 g/mol. The first-order valence-corrected chi connectivity index (χ1v) is 21.2. The van der Waals surface area contributed by atoms with Crippen molar-refractivity contribution in [2.45, 2.75) is 0 Å². The summed E-state index contributed by atoms with van der Waals surface area (Å²) in [7, 11) is 0. The third-order valence-corrected chi connectivity index (χ3v) is 12.5. The van der Waals surface area contributed by atoms with Gasteiger partial charge in [0.25, 0.3) is 0 Å². The molecule has 1 aliphatic carbocycles. The number of fused-ring (bicyclic) bond motifs is 4. The van der Waals surface area contributed by atoms with E-state index in [0.717, 1.165) is 33.6 Å². The Hall–Kier alpha value is -8.20. The van der Waals surface area contributed by atoms with Gasteiger partial charge in [0.15, 0.2) is 5.82 Å². The largest absolute Gasteiger partial charge is 0.228 e. The molecule has 2 heteroatoms. The van der Waals surface area contributed by atoms with Crippen molar-refractivity contribution in [3.63, 3.8) is 0 Å². The lowest BCUT2D eigenvalue weighted by molar-refractivity contribution is 1.18. The van der Waals surface area contributed by atoms with Crippen LogP contribution in [0.15, 0.2) is 231 Å². The van der Waals surface area contributed by atoms with Gasteiger partial charge in [0.1, 0.15) is 0 Å². The van der Waals surface area contributed by atoms with E-state index in [1.165, 1.54) is 82.7 Å². The van der Waals surface area contributed by atoms with Gasteiger partial charge in [-0.05, 0) is 94.4 Å². The lowest BCUT2D eigenvalue weighted by Gasteiger charge is -2.16. The van der Waals surface area contributed by atoms with Crippen LogP contribution in [0.5, 0.6) is 0 Å². The van der Waals surface area contributed by atoms with Crippen molar-refractivity contribution in [2.75, 3.05) is 0 Å². The summed E-state index contributed by atoms with van der Waals surface area (Å²) in [6.07, 6.45) is 0. The Balaban J connectivity index is 0.919. The summed E-state index contributed by atoms with van der Waals surface area (Å²) in [6.45, 7) is 0. The van der Waals surface area contributed by atoms with Crippen LogP contribution in [0.1, 0.15) is 0 Å². The van der Waals surface area contributed by atoms with Gasteiger partial charge in [-0.15, -0.1) is 0 Å². The van der Waals surface area contributed by atoms with E-state index in [2.05, 4.69) is 206 Å². The van der Waals surface area contributed by atoms with E-state index in [4.69, 9.17) is 9.97 Å². The van der Waals surface area contributed by atoms with Crippen LogP contribution in [0.2, 0.25) is 0 Å². The standard InChI is InChI=1S/C60H38N2/c1-3-12-39(13-4-1)40-22-28-44(29-23-40)56-38-57(62-60(61-56)47-15-5-2-6-16-47)45-30-32-46(33-31-45)58-49-17-8-7-14-41(49)34-35-50(58)43-26-24-42(25-27-43)48-36-37-55-52-19-10-9-18-51(52)54-21-11-20-53(48)59(54)55/h1-38H. The van der Waals surface area contributed by atoms with Crippen molar-refractivity contribution < 1.29 is 0 Å². The lowest BCUT2D eigenvalue weighted by Crippen LogP contribution is -1.96. The summed E-state index contributed by atoms with van der Waals surface area (Å²) in [5, 5.41) is 5.08. The molecule has 0 bridgehead atoms. The maximum absolute atomic E-state index is 5.15. The molecule has 0 saturated heterocycles. The zero-order valence-corrected chi connectivity index (χ0v) is 33.8. The number of benzene rings is 10. The molecule has 0 unspecified atom stereocenters. The maximum atomic E-state index is 5.15. The fourth-order valence-electron chi connectivity index (χ4n) is 9.44. The molecule has 0 saturated carbocycles. The first-order valence-electron chi connectivity index (χ1n) is 21.2. The fraction of sp³-hybridized carbons (Fsp3) is 0. The average Bonchev–Trinajstić information content (AvgIpc) is 3.69. The molecule has 12 rings (SSSR count). The highest BCUT2D eigenvalue weighted by Gasteiger charge is 2.22. The van der Waals surface area contributed by atoms with E-state index >= 15 is 0 Å². The van der Waals surface area contributed by atoms with Crippen molar-refractivity contribution in [1.82, 2.24) is 9.97 Å². The highest BCUT2D eigenvalue weighted by Crippen LogP contribution is 2.49. The van der Waals surface area contributed by atoms with Crippen LogP contribution in [-0.4, -0.2) is 9.97 Å². The maximum Gasteiger partial charge on any atom is 0.160 e. The third-order valence-electron chi connectivity index (χ3n) is 12.5. The Kier molecular flexibility index (Phi) is 8.53. The molecule has 0 spiro atoms. The Bertz CT molecular complexity index is 3430. The normalized spacial score (nSPS) is 11.5. The second-order valence-electron chi connectivity index (χ2n) is 16.1. The summed E-state index contributed by atoms with van der Waals surface area (Å²) < 4.78 is 0. The van der Waals surface area contributed by atoms with E-state index < -0.39 is 0 Å². The Morgan fingerprint density at radius 2 is 0.694 bits per heavy atom. The zero-order chi connectivity index (χ0) is 41.0. The van der Waals surface area contributed by atoms with Gasteiger partial charge in [-0.2, -0.15) is 0 Å². The predicted molar refractivity (Wildman–Crippen MR) is 260 cm³/mol. The number of hydrogen-bond acceptors (Lipinski definition) is 2. The number of nitrogens with zero attached hydrogens (tertiary/aromatic N) is 2. The van der Waals surface area contributed by atoms with E-state index in [0.29, 0.717) is 5.82 Å². The van der Waals surface area contributed by atoms with Gasteiger partial charge in [0.05, 0.1) is 11.4 Å². The minimum absolute atomic E-state index is 0.705. The second-order valence-corrected chi connectivity index (χ2v) is 16.1. The van der Waals surface area contributed by atoms with Crippen molar-refractivity contribution in [3.05, 3.63) is 231 Å². The van der Waals surface area contributed by atoms with E-state index in [1.807, 2.05) is 24.3 Å². The third kappa shape index (κ3) is 6.12. The van der Waals surface area contributed by atoms with Gasteiger partial charge in [0.2, 0.25) is 0 Å². The quantitative estimate of drug-likeness (QED) is 0.161. The van der Waals surface area contributed by atoms with Gasteiger partial charge >= 0.3 is 0 Å². The smallest absolute Gasteiger partial charge is 0.160 e. The van der Waals surface area contributed by atoms with Crippen molar-refractivity contribution in [2.24, 2.45) is 0 Å². The number of hydrogen-bond donors (Lipinski definition) is 0. The van der Waals surface area contributed by atoms with Crippen molar-refractivity contribution in [3.8, 4) is 101 Å². The first kappa shape index (κ1) is 35.7. The van der Waals surface area contributed by atoms with Gasteiger partial charge in [0, 0.05) is 16.7 Å². The molecule has 1 aliphatic rings. The molecule has 11 aromatic rings. The molecule has 1 heterocycles. The molecule has 62 heavy (non-hydrogen) atoms. The highest BCUT2D eigenvalue weighted by atomic mass is 14.9. The minimum atomic E-state index is 0.705. The van der Waals surface area contributed by atoms with Crippen LogP contribution in [0.25, 0.3) is 122 Å². The van der Waals surface area contributed by atoms with Gasteiger partial charge < -0.3 is 0 Å². The van der Waals surface area contributed by atoms with Crippen LogP contribution in [-0.2, 0) is 0 Å². The molecule has 0 fully saturated rings. The zero-order valence-electron chi connectivity index (χ0n) is 33.8. The van der Waals surface area contributed by atoms with E-state index in [9.17, 15) is 0 Å². The van der Waals surface area contributed by atoms with Crippen molar-refractivity contribution in [1.29, 1.82) is 0 Å². The van der Waals surface area contributed by atoms with Crippen LogP contribution < -0.4 is 0 Å². The molecule has 0 aliphatic heterocycles. The second kappa shape index (κ2) is 14.8. The topological polar surface area (TPSA) is 25.8 Å². The van der Waals surface area contributed by atoms with Crippen LogP contribution >= 0.6 is 0 Å². The lowest BCUT2D eigenvalue weighted by atomic mass is 9.88. The molecule has 288 valence electrons. The van der Waals surface area contributed by atoms with Crippen LogP contribution in [0.4, 0.5) is 0 Å².